The van der Waals surface area contributed by atoms with E-state index in [9.17, 15) is 0 Å². The molecule has 0 atom stereocenters. The normalized spacial score (nSPS) is 25.8. The van der Waals surface area contributed by atoms with E-state index in [4.69, 9.17) is 0 Å². The molecule has 1 aliphatic carbocycles. The molecule has 1 saturated carbocycles. The van der Waals surface area contributed by atoms with Crippen LogP contribution in [0, 0.1) is 5.41 Å². The lowest BCUT2D eigenvalue weighted by molar-refractivity contribution is 0.202. The van der Waals surface area contributed by atoms with Crippen molar-refractivity contribution >= 4 is 0 Å². The first kappa shape index (κ1) is 14.3. The molecule has 2 aliphatic rings. The van der Waals surface area contributed by atoms with Crippen molar-refractivity contribution in [1.82, 2.24) is 15.5 Å². The molecular weight excluding hydrogens is 222 g/mol. The molecule has 0 aromatic heterocycles. The number of nitrogens with zero attached hydrogens (tertiary/aromatic N) is 1. The highest BCUT2D eigenvalue weighted by molar-refractivity contribution is 4.80. The molecule has 2 rings (SSSR count). The zero-order valence-electron chi connectivity index (χ0n) is 12.1. The molecule has 18 heavy (non-hydrogen) atoms. The summed E-state index contributed by atoms with van der Waals surface area (Å²) in [5.41, 5.74) is 0.582. The Morgan fingerprint density at radius 1 is 1.06 bits per heavy atom. The molecular formula is C15H31N3. The van der Waals surface area contributed by atoms with E-state index < -0.39 is 0 Å². The van der Waals surface area contributed by atoms with E-state index in [2.05, 4.69) is 22.5 Å². The second-order valence-electron chi connectivity index (χ2n) is 6.49. The number of hydrogen-bond donors (Lipinski definition) is 2. The smallest absolute Gasteiger partial charge is 0.0107 e. The Kier molecular flexibility index (Phi) is 5.93. The Bertz CT molecular complexity index is 216. The van der Waals surface area contributed by atoms with Crippen LogP contribution < -0.4 is 10.6 Å². The van der Waals surface area contributed by atoms with Gasteiger partial charge >= 0.3 is 0 Å². The average Bonchev–Trinajstić information content (AvgIpc) is 2.64. The largest absolute Gasteiger partial charge is 0.315 e. The van der Waals surface area contributed by atoms with Gasteiger partial charge in [-0.1, -0.05) is 26.2 Å². The van der Waals surface area contributed by atoms with Crippen molar-refractivity contribution in [1.29, 1.82) is 0 Å². The number of rotatable bonds is 5. The minimum absolute atomic E-state index is 0.582. The highest BCUT2D eigenvalue weighted by Crippen LogP contribution is 2.34. The predicted molar refractivity (Wildman–Crippen MR) is 78.0 cm³/mol. The monoisotopic (exact) mass is 253 g/mol. The lowest BCUT2D eigenvalue weighted by Gasteiger charge is -2.34. The van der Waals surface area contributed by atoms with Crippen molar-refractivity contribution in [3.05, 3.63) is 0 Å². The Hall–Kier alpha value is -0.120. The fourth-order valence-electron chi connectivity index (χ4n) is 3.33. The van der Waals surface area contributed by atoms with Crippen LogP contribution in [0.2, 0.25) is 0 Å². The first-order chi connectivity index (χ1) is 8.79. The van der Waals surface area contributed by atoms with Gasteiger partial charge in [0.2, 0.25) is 0 Å². The maximum absolute atomic E-state index is 3.70. The van der Waals surface area contributed by atoms with Crippen LogP contribution in [0.4, 0.5) is 0 Å². The van der Waals surface area contributed by atoms with Crippen molar-refractivity contribution in [3.8, 4) is 0 Å². The Labute approximate surface area is 113 Å². The molecule has 0 aromatic rings. The summed E-state index contributed by atoms with van der Waals surface area (Å²) in [6, 6.07) is 0. The minimum atomic E-state index is 0.582. The van der Waals surface area contributed by atoms with Gasteiger partial charge in [0.15, 0.2) is 0 Å². The molecule has 0 spiro atoms. The van der Waals surface area contributed by atoms with Gasteiger partial charge in [0.25, 0.3) is 0 Å². The van der Waals surface area contributed by atoms with Gasteiger partial charge in [-0.3, -0.25) is 0 Å². The van der Waals surface area contributed by atoms with Gasteiger partial charge in [-0.2, -0.15) is 0 Å². The van der Waals surface area contributed by atoms with Gasteiger partial charge in [0, 0.05) is 32.7 Å². The van der Waals surface area contributed by atoms with Gasteiger partial charge in [0.1, 0.15) is 0 Å². The van der Waals surface area contributed by atoms with Crippen molar-refractivity contribution in [2.24, 2.45) is 5.41 Å². The topological polar surface area (TPSA) is 27.3 Å². The van der Waals surface area contributed by atoms with E-state index in [0.29, 0.717) is 5.41 Å². The van der Waals surface area contributed by atoms with Crippen LogP contribution in [-0.2, 0) is 0 Å². The molecule has 1 heterocycles. The van der Waals surface area contributed by atoms with Crippen LogP contribution in [0.3, 0.4) is 0 Å². The zero-order chi connectivity index (χ0) is 12.7. The summed E-state index contributed by atoms with van der Waals surface area (Å²) in [7, 11) is 0. The highest BCUT2D eigenvalue weighted by atomic mass is 15.2. The van der Waals surface area contributed by atoms with Gasteiger partial charge in [0.05, 0.1) is 0 Å². The third kappa shape index (κ3) is 4.87. The standard InChI is InChI=1S/C15H31N3/c1-15(6-3-2-4-7-15)14-17-10-13-18-11-5-8-16-9-12-18/h16-17H,2-14H2,1H3. The summed E-state index contributed by atoms with van der Waals surface area (Å²) in [6.45, 7) is 10.9. The Morgan fingerprint density at radius 3 is 2.72 bits per heavy atom. The quantitative estimate of drug-likeness (QED) is 0.732. The molecule has 0 radical (unpaired) electrons. The molecule has 2 fully saturated rings. The van der Waals surface area contributed by atoms with E-state index in [1.54, 1.807) is 0 Å². The molecule has 3 heteroatoms. The van der Waals surface area contributed by atoms with Crippen molar-refractivity contribution in [3.63, 3.8) is 0 Å². The van der Waals surface area contributed by atoms with Crippen molar-refractivity contribution in [2.75, 3.05) is 45.8 Å². The molecule has 1 saturated heterocycles. The molecule has 3 nitrogen and oxygen atoms in total. The third-order valence-electron chi connectivity index (χ3n) is 4.65. The number of nitrogens with one attached hydrogen (secondary N) is 2. The van der Waals surface area contributed by atoms with Crippen LogP contribution in [0.25, 0.3) is 0 Å². The van der Waals surface area contributed by atoms with E-state index in [-0.39, 0.29) is 0 Å². The molecule has 1 aliphatic heterocycles. The zero-order valence-corrected chi connectivity index (χ0v) is 12.1. The molecule has 0 bridgehead atoms. The summed E-state index contributed by atoms with van der Waals surface area (Å²) in [4.78, 5) is 2.59. The Morgan fingerprint density at radius 2 is 1.89 bits per heavy atom. The van der Waals surface area contributed by atoms with Gasteiger partial charge in [-0.15, -0.1) is 0 Å². The minimum Gasteiger partial charge on any atom is -0.315 e. The summed E-state index contributed by atoms with van der Waals surface area (Å²) < 4.78 is 0. The highest BCUT2D eigenvalue weighted by Gasteiger charge is 2.25. The van der Waals surface area contributed by atoms with E-state index in [0.717, 1.165) is 13.1 Å². The summed E-state index contributed by atoms with van der Waals surface area (Å²) in [5.74, 6) is 0. The van der Waals surface area contributed by atoms with E-state index in [1.165, 1.54) is 71.2 Å². The number of hydrogen-bond acceptors (Lipinski definition) is 3. The molecule has 2 N–H and O–H groups in total. The lowest BCUT2D eigenvalue weighted by Crippen LogP contribution is -2.39. The molecule has 0 unspecified atom stereocenters. The van der Waals surface area contributed by atoms with Crippen LogP contribution in [0.1, 0.15) is 45.4 Å². The van der Waals surface area contributed by atoms with Gasteiger partial charge in [-0.25, -0.2) is 0 Å². The molecule has 0 amide bonds. The SMILES string of the molecule is CC1(CNCCN2CCCNCC2)CCCCC1. The predicted octanol–water partition coefficient (Wildman–Crippen LogP) is 1.84. The summed E-state index contributed by atoms with van der Waals surface area (Å²) >= 11 is 0. The second-order valence-corrected chi connectivity index (χ2v) is 6.49. The van der Waals surface area contributed by atoms with Crippen LogP contribution >= 0.6 is 0 Å². The van der Waals surface area contributed by atoms with Gasteiger partial charge in [-0.05, 0) is 37.8 Å². The van der Waals surface area contributed by atoms with Crippen molar-refractivity contribution in [2.45, 2.75) is 45.4 Å². The molecule has 0 aromatic carbocycles. The van der Waals surface area contributed by atoms with Crippen LogP contribution in [0.15, 0.2) is 0 Å². The Balaban J connectivity index is 1.57. The maximum Gasteiger partial charge on any atom is 0.0107 e. The maximum atomic E-state index is 3.70. The summed E-state index contributed by atoms with van der Waals surface area (Å²) in [5, 5.41) is 7.16. The van der Waals surface area contributed by atoms with E-state index >= 15 is 0 Å². The molecule has 106 valence electrons. The fourth-order valence-corrected chi connectivity index (χ4v) is 3.33. The van der Waals surface area contributed by atoms with Crippen LogP contribution in [0.5, 0.6) is 0 Å². The van der Waals surface area contributed by atoms with Gasteiger partial charge < -0.3 is 15.5 Å². The first-order valence-electron chi connectivity index (χ1n) is 7.92. The average molecular weight is 253 g/mol. The van der Waals surface area contributed by atoms with Crippen molar-refractivity contribution < 1.29 is 0 Å². The first-order valence-corrected chi connectivity index (χ1v) is 7.92. The fraction of sp³-hybridized carbons (Fsp3) is 1.00. The summed E-state index contributed by atoms with van der Waals surface area (Å²) in [6.07, 6.45) is 8.49. The van der Waals surface area contributed by atoms with E-state index in [1.807, 2.05) is 0 Å². The second kappa shape index (κ2) is 7.46. The van der Waals surface area contributed by atoms with Crippen LogP contribution in [-0.4, -0.2) is 50.7 Å². The lowest BCUT2D eigenvalue weighted by atomic mass is 9.76. The third-order valence-corrected chi connectivity index (χ3v) is 4.65.